The van der Waals surface area contributed by atoms with Gasteiger partial charge >= 0.3 is 11.8 Å². The number of anilines is 3. The SMILES string of the molecule is Cc1ccc(S(=O)(=O)N2CCCc3ccc(NC(=O)C(=O)Nc4ccc(C(N)=O)cc4)cc32)cc1. The third-order valence-corrected chi connectivity index (χ3v) is 7.49. The minimum atomic E-state index is -3.80. The van der Waals surface area contributed by atoms with Gasteiger partial charge in [-0.05, 0) is 73.9 Å². The molecule has 4 N–H and O–H groups in total. The summed E-state index contributed by atoms with van der Waals surface area (Å²) in [5, 5.41) is 4.95. The summed E-state index contributed by atoms with van der Waals surface area (Å²) < 4.78 is 28.0. The number of carbonyl (C=O) groups excluding carboxylic acids is 3. The van der Waals surface area contributed by atoms with Crippen LogP contribution in [0.25, 0.3) is 0 Å². The fourth-order valence-corrected chi connectivity index (χ4v) is 5.33. The standard InChI is InChI=1S/C25H24N4O5S/c1-16-4-12-21(13-5-16)35(33,34)29-14-2-3-17-6-11-20(15-22(17)29)28-25(32)24(31)27-19-9-7-18(8-10-19)23(26)30/h4-13,15H,2-3,14H2,1H3,(H2,26,30)(H,27,31)(H,28,32). The van der Waals surface area contributed by atoms with E-state index in [0.29, 0.717) is 36.4 Å². The topological polar surface area (TPSA) is 139 Å². The number of fused-ring (bicyclic) bond motifs is 1. The van der Waals surface area contributed by atoms with Crippen molar-refractivity contribution in [3.05, 3.63) is 83.4 Å². The third kappa shape index (κ3) is 5.17. The van der Waals surface area contributed by atoms with Crippen LogP contribution in [-0.4, -0.2) is 32.7 Å². The maximum absolute atomic E-state index is 13.3. The normalized spacial score (nSPS) is 13.0. The molecule has 0 spiro atoms. The Kier molecular flexibility index (Phi) is 6.57. The molecule has 3 aromatic rings. The van der Waals surface area contributed by atoms with Gasteiger partial charge < -0.3 is 16.4 Å². The van der Waals surface area contributed by atoms with Gasteiger partial charge in [0.15, 0.2) is 0 Å². The van der Waals surface area contributed by atoms with Gasteiger partial charge in [-0.15, -0.1) is 0 Å². The molecule has 3 aromatic carbocycles. The Hall–Kier alpha value is -4.18. The Bertz CT molecular complexity index is 1400. The summed E-state index contributed by atoms with van der Waals surface area (Å²) in [6.07, 6.45) is 1.37. The molecule has 0 atom stereocenters. The quantitative estimate of drug-likeness (QED) is 0.470. The van der Waals surface area contributed by atoms with Gasteiger partial charge in [-0.2, -0.15) is 0 Å². The highest BCUT2D eigenvalue weighted by Crippen LogP contribution is 2.34. The van der Waals surface area contributed by atoms with Crippen LogP contribution in [0.3, 0.4) is 0 Å². The molecule has 0 radical (unpaired) electrons. The maximum Gasteiger partial charge on any atom is 0.314 e. The monoisotopic (exact) mass is 492 g/mol. The number of benzene rings is 3. The highest BCUT2D eigenvalue weighted by atomic mass is 32.2. The van der Waals surface area contributed by atoms with Gasteiger partial charge in [0.25, 0.3) is 10.0 Å². The third-order valence-electron chi connectivity index (χ3n) is 5.66. The molecule has 3 amide bonds. The summed E-state index contributed by atoms with van der Waals surface area (Å²) in [4.78, 5) is 36.1. The molecule has 0 bridgehead atoms. The largest absolute Gasteiger partial charge is 0.366 e. The van der Waals surface area contributed by atoms with E-state index >= 15 is 0 Å². The number of rotatable bonds is 5. The summed E-state index contributed by atoms with van der Waals surface area (Å²) in [7, 11) is -3.80. The van der Waals surface area contributed by atoms with Crippen LogP contribution in [0.1, 0.15) is 27.9 Å². The van der Waals surface area contributed by atoms with Crippen LogP contribution in [0, 0.1) is 6.92 Å². The van der Waals surface area contributed by atoms with Crippen LogP contribution in [0.15, 0.2) is 71.6 Å². The first kappa shape index (κ1) is 24.0. The van der Waals surface area contributed by atoms with E-state index in [1.165, 1.54) is 28.6 Å². The summed E-state index contributed by atoms with van der Waals surface area (Å²) in [6, 6.07) is 17.4. The predicted molar refractivity (Wildman–Crippen MR) is 133 cm³/mol. The highest BCUT2D eigenvalue weighted by molar-refractivity contribution is 7.92. The summed E-state index contributed by atoms with van der Waals surface area (Å²) in [6.45, 7) is 2.19. The minimum absolute atomic E-state index is 0.187. The fourth-order valence-electron chi connectivity index (χ4n) is 3.80. The van der Waals surface area contributed by atoms with Gasteiger partial charge in [0, 0.05) is 23.5 Å². The number of aryl methyl sites for hydroxylation is 2. The van der Waals surface area contributed by atoms with E-state index in [1.54, 1.807) is 42.5 Å². The van der Waals surface area contributed by atoms with E-state index < -0.39 is 27.7 Å². The molecule has 0 saturated carbocycles. The minimum Gasteiger partial charge on any atom is -0.366 e. The second kappa shape index (κ2) is 9.59. The van der Waals surface area contributed by atoms with Crippen LogP contribution >= 0.6 is 0 Å². The number of nitrogens with one attached hydrogen (secondary N) is 2. The average molecular weight is 493 g/mol. The van der Waals surface area contributed by atoms with E-state index in [0.717, 1.165) is 11.1 Å². The zero-order valence-electron chi connectivity index (χ0n) is 18.9. The van der Waals surface area contributed by atoms with Crippen LogP contribution in [0.2, 0.25) is 0 Å². The van der Waals surface area contributed by atoms with Gasteiger partial charge in [-0.1, -0.05) is 23.8 Å². The molecular formula is C25H24N4O5S. The smallest absolute Gasteiger partial charge is 0.314 e. The average Bonchev–Trinajstić information content (AvgIpc) is 2.84. The highest BCUT2D eigenvalue weighted by Gasteiger charge is 2.29. The van der Waals surface area contributed by atoms with Gasteiger partial charge in [0.05, 0.1) is 10.6 Å². The first-order chi connectivity index (χ1) is 16.6. The number of nitrogens with two attached hydrogens (primary N) is 1. The Balaban J connectivity index is 1.52. The molecule has 9 nitrogen and oxygen atoms in total. The van der Waals surface area contributed by atoms with Crippen molar-refractivity contribution in [3.8, 4) is 0 Å². The van der Waals surface area contributed by atoms with Crippen LogP contribution in [0.5, 0.6) is 0 Å². The molecule has 1 heterocycles. The fraction of sp³-hybridized carbons (Fsp3) is 0.160. The summed E-state index contributed by atoms with van der Waals surface area (Å²) >= 11 is 0. The predicted octanol–water partition coefficient (Wildman–Crippen LogP) is 2.81. The van der Waals surface area contributed by atoms with Crippen molar-refractivity contribution in [3.63, 3.8) is 0 Å². The molecule has 0 aliphatic carbocycles. The molecule has 10 heteroatoms. The van der Waals surface area contributed by atoms with Crippen molar-refractivity contribution in [2.75, 3.05) is 21.5 Å². The van der Waals surface area contributed by atoms with Crippen molar-refractivity contribution in [2.24, 2.45) is 5.73 Å². The Morgan fingerprint density at radius 1 is 0.857 bits per heavy atom. The van der Waals surface area contributed by atoms with Crippen molar-refractivity contribution in [1.29, 1.82) is 0 Å². The number of carbonyl (C=O) groups is 3. The van der Waals surface area contributed by atoms with Crippen molar-refractivity contribution in [2.45, 2.75) is 24.7 Å². The number of hydrogen-bond donors (Lipinski definition) is 3. The number of nitrogens with zero attached hydrogens (tertiary/aromatic N) is 1. The lowest BCUT2D eigenvalue weighted by molar-refractivity contribution is -0.132. The lowest BCUT2D eigenvalue weighted by atomic mass is 10.0. The van der Waals surface area contributed by atoms with E-state index in [1.807, 2.05) is 6.92 Å². The van der Waals surface area contributed by atoms with Gasteiger partial charge in [0.2, 0.25) is 5.91 Å². The van der Waals surface area contributed by atoms with Crippen molar-refractivity contribution in [1.82, 2.24) is 0 Å². The van der Waals surface area contributed by atoms with E-state index in [9.17, 15) is 22.8 Å². The van der Waals surface area contributed by atoms with Crippen LogP contribution < -0.4 is 20.7 Å². The van der Waals surface area contributed by atoms with Crippen molar-refractivity contribution >= 4 is 44.8 Å². The molecule has 4 rings (SSSR count). The summed E-state index contributed by atoms with van der Waals surface area (Å²) in [5.41, 5.74) is 8.33. The molecule has 0 fully saturated rings. The van der Waals surface area contributed by atoms with E-state index in [4.69, 9.17) is 5.73 Å². The first-order valence-electron chi connectivity index (χ1n) is 10.9. The molecule has 1 aliphatic rings. The van der Waals surface area contributed by atoms with Gasteiger partial charge in [0.1, 0.15) is 0 Å². The van der Waals surface area contributed by atoms with Crippen LogP contribution in [0.4, 0.5) is 17.1 Å². The molecule has 0 unspecified atom stereocenters. The molecule has 0 saturated heterocycles. The molecular weight excluding hydrogens is 468 g/mol. The lowest BCUT2D eigenvalue weighted by Crippen LogP contribution is -2.35. The second-order valence-electron chi connectivity index (χ2n) is 8.19. The van der Waals surface area contributed by atoms with Gasteiger partial charge in [-0.3, -0.25) is 18.7 Å². The maximum atomic E-state index is 13.3. The Morgan fingerprint density at radius 2 is 1.46 bits per heavy atom. The number of primary amides is 1. The number of sulfonamides is 1. The lowest BCUT2D eigenvalue weighted by Gasteiger charge is -2.31. The molecule has 0 aromatic heterocycles. The van der Waals surface area contributed by atoms with Crippen molar-refractivity contribution < 1.29 is 22.8 Å². The number of hydrogen-bond acceptors (Lipinski definition) is 5. The molecule has 35 heavy (non-hydrogen) atoms. The van der Waals surface area contributed by atoms with E-state index in [2.05, 4.69) is 10.6 Å². The van der Waals surface area contributed by atoms with E-state index in [-0.39, 0.29) is 10.5 Å². The Morgan fingerprint density at radius 3 is 2.09 bits per heavy atom. The Labute approximate surface area is 203 Å². The zero-order valence-corrected chi connectivity index (χ0v) is 19.8. The zero-order chi connectivity index (χ0) is 25.2. The second-order valence-corrected chi connectivity index (χ2v) is 10.0. The van der Waals surface area contributed by atoms with Gasteiger partial charge in [-0.25, -0.2) is 8.42 Å². The number of amides is 3. The van der Waals surface area contributed by atoms with Crippen LogP contribution in [-0.2, 0) is 26.0 Å². The molecule has 180 valence electrons. The summed E-state index contributed by atoms with van der Waals surface area (Å²) in [5.74, 6) is -2.45. The first-order valence-corrected chi connectivity index (χ1v) is 12.3. The molecule has 1 aliphatic heterocycles.